The Morgan fingerprint density at radius 3 is 2.13 bits per heavy atom. The summed E-state index contributed by atoms with van der Waals surface area (Å²) in [6.45, 7) is 5.65. The molecule has 30 heavy (non-hydrogen) atoms. The molecule has 2 aromatic rings. The van der Waals surface area contributed by atoms with Crippen molar-refractivity contribution in [3.8, 4) is 0 Å². The van der Waals surface area contributed by atoms with Crippen molar-refractivity contribution in [2.24, 2.45) is 5.92 Å². The number of hydrogen-bond donors (Lipinski definition) is 1. The largest absolute Gasteiger partial charge is 0.367 e. The molecule has 3 rings (SSSR count). The molecular formula is C22H24ClF2N3O2. The lowest BCUT2D eigenvalue weighted by Crippen LogP contribution is -2.56. The molecule has 1 aliphatic rings. The Kier molecular flexibility index (Phi) is 6.92. The lowest BCUT2D eigenvalue weighted by Gasteiger charge is -2.38. The van der Waals surface area contributed by atoms with Crippen molar-refractivity contribution >= 4 is 29.1 Å². The zero-order valence-electron chi connectivity index (χ0n) is 16.9. The number of piperazine rings is 1. The number of carbonyl (C=O) groups is 2. The quantitative estimate of drug-likeness (QED) is 0.778. The van der Waals surface area contributed by atoms with E-state index in [1.165, 1.54) is 6.07 Å². The van der Waals surface area contributed by atoms with Gasteiger partial charge in [0.25, 0.3) is 5.91 Å². The van der Waals surface area contributed by atoms with E-state index in [9.17, 15) is 18.4 Å². The molecule has 0 aliphatic carbocycles. The predicted octanol–water partition coefficient (Wildman–Crippen LogP) is 3.72. The molecule has 160 valence electrons. The second-order valence-corrected chi connectivity index (χ2v) is 7.96. The van der Waals surface area contributed by atoms with Gasteiger partial charge in [-0.2, -0.15) is 0 Å². The molecule has 1 saturated heterocycles. The number of benzene rings is 2. The van der Waals surface area contributed by atoms with Gasteiger partial charge in [0.15, 0.2) is 0 Å². The molecule has 1 N–H and O–H groups in total. The molecule has 0 bridgehead atoms. The number of carbonyl (C=O) groups excluding carboxylic acids is 2. The fraction of sp³-hybridized carbons (Fsp3) is 0.364. The van der Waals surface area contributed by atoms with Gasteiger partial charge in [0.1, 0.15) is 23.2 Å². The Hall–Kier alpha value is -2.67. The number of nitrogens with zero attached hydrogens (tertiary/aromatic N) is 2. The summed E-state index contributed by atoms with van der Waals surface area (Å²) in [5.41, 5.74) is 0.231. The molecule has 1 aliphatic heterocycles. The first-order valence-corrected chi connectivity index (χ1v) is 10.2. The molecule has 0 spiro atoms. The van der Waals surface area contributed by atoms with Crippen LogP contribution in [0.5, 0.6) is 0 Å². The first kappa shape index (κ1) is 22.0. The highest BCUT2D eigenvalue weighted by Gasteiger charge is 2.32. The minimum absolute atomic E-state index is 0.252. The van der Waals surface area contributed by atoms with E-state index in [-0.39, 0.29) is 11.8 Å². The summed E-state index contributed by atoms with van der Waals surface area (Å²) < 4.78 is 27.9. The maximum atomic E-state index is 13.9. The van der Waals surface area contributed by atoms with Crippen LogP contribution >= 0.6 is 11.6 Å². The van der Waals surface area contributed by atoms with Gasteiger partial charge in [0.05, 0.1) is 10.7 Å². The standard InChI is InChI=1S/C22H24ClF2N3O2/c1-14(2)20(26-21(29)19-16(24)7-5-8-17(19)25)22(30)28-12-10-27(11-13-28)18-9-4-3-6-15(18)23/h3-9,14,20H,10-13H2,1-2H3,(H,26,29)/t20-/m0/s1. The van der Waals surface area contributed by atoms with E-state index in [4.69, 9.17) is 11.6 Å². The third kappa shape index (κ3) is 4.73. The zero-order valence-corrected chi connectivity index (χ0v) is 17.6. The number of anilines is 1. The number of hydrogen-bond acceptors (Lipinski definition) is 3. The van der Waals surface area contributed by atoms with Gasteiger partial charge in [-0.1, -0.05) is 43.6 Å². The fourth-order valence-electron chi connectivity index (χ4n) is 3.51. The van der Waals surface area contributed by atoms with Gasteiger partial charge in [-0.25, -0.2) is 8.78 Å². The normalized spacial score (nSPS) is 15.3. The summed E-state index contributed by atoms with van der Waals surface area (Å²) in [5.74, 6) is -3.38. The van der Waals surface area contributed by atoms with Crippen LogP contribution in [0, 0.1) is 17.6 Å². The van der Waals surface area contributed by atoms with Crippen LogP contribution in [0.1, 0.15) is 24.2 Å². The van der Waals surface area contributed by atoms with E-state index < -0.39 is 29.1 Å². The maximum absolute atomic E-state index is 13.9. The monoisotopic (exact) mass is 435 g/mol. The van der Waals surface area contributed by atoms with E-state index in [1.807, 2.05) is 24.3 Å². The second-order valence-electron chi connectivity index (χ2n) is 7.56. The summed E-state index contributed by atoms with van der Waals surface area (Å²) >= 11 is 6.26. The van der Waals surface area contributed by atoms with Crippen molar-refractivity contribution in [2.75, 3.05) is 31.1 Å². The van der Waals surface area contributed by atoms with Crippen molar-refractivity contribution in [2.45, 2.75) is 19.9 Å². The van der Waals surface area contributed by atoms with E-state index >= 15 is 0 Å². The van der Waals surface area contributed by atoms with E-state index in [2.05, 4.69) is 10.2 Å². The van der Waals surface area contributed by atoms with Crippen molar-refractivity contribution in [1.82, 2.24) is 10.2 Å². The topological polar surface area (TPSA) is 52.7 Å². The first-order chi connectivity index (χ1) is 14.3. The lowest BCUT2D eigenvalue weighted by molar-refractivity contribution is -0.134. The fourth-order valence-corrected chi connectivity index (χ4v) is 3.77. The van der Waals surface area contributed by atoms with E-state index in [0.29, 0.717) is 31.2 Å². The zero-order chi connectivity index (χ0) is 21.8. The summed E-state index contributed by atoms with van der Waals surface area (Å²) in [6.07, 6.45) is 0. The highest BCUT2D eigenvalue weighted by molar-refractivity contribution is 6.33. The van der Waals surface area contributed by atoms with Crippen LogP contribution in [0.15, 0.2) is 42.5 Å². The molecule has 0 saturated carbocycles. The van der Waals surface area contributed by atoms with Gasteiger partial charge in [-0.05, 0) is 30.2 Å². The van der Waals surface area contributed by atoms with Crippen LogP contribution in [0.2, 0.25) is 5.02 Å². The van der Waals surface area contributed by atoms with Crippen molar-refractivity contribution in [1.29, 1.82) is 0 Å². The molecule has 0 radical (unpaired) electrons. The molecule has 1 atom stereocenters. The number of para-hydroxylation sites is 1. The van der Waals surface area contributed by atoms with E-state index in [0.717, 1.165) is 17.8 Å². The van der Waals surface area contributed by atoms with Crippen molar-refractivity contribution in [3.63, 3.8) is 0 Å². The first-order valence-electron chi connectivity index (χ1n) is 9.82. The van der Waals surface area contributed by atoms with Crippen LogP contribution in [-0.4, -0.2) is 48.9 Å². The minimum Gasteiger partial charge on any atom is -0.367 e. The Morgan fingerprint density at radius 1 is 0.967 bits per heavy atom. The third-order valence-corrected chi connectivity index (χ3v) is 5.51. The van der Waals surface area contributed by atoms with Crippen molar-refractivity contribution < 1.29 is 18.4 Å². The molecule has 1 heterocycles. The highest BCUT2D eigenvalue weighted by atomic mass is 35.5. The molecule has 2 amide bonds. The predicted molar refractivity (Wildman–Crippen MR) is 113 cm³/mol. The van der Waals surface area contributed by atoms with Crippen molar-refractivity contribution in [3.05, 3.63) is 64.7 Å². The van der Waals surface area contributed by atoms with Crippen LogP contribution in [0.3, 0.4) is 0 Å². The Bertz CT molecular complexity index is 910. The maximum Gasteiger partial charge on any atom is 0.257 e. The van der Waals surface area contributed by atoms with Gasteiger partial charge in [-0.3, -0.25) is 9.59 Å². The highest BCUT2D eigenvalue weighted by Crippen LogP contribution is 2.26. The Morgan fingerprint density at radius 2 is 1.57 bits per heavy atom. The summed E-state index contributed by atoms with van der Waals surface area (Å²) in [7, 11) is 0. The SMILES string of the molecule is CC(C)[C@H](NC(=O)c1c(F)cccc1F)C(=O)N1CCN(c2ccccc2Cl)CC1. The summed E-state index contributed by atoms with van der Waals surface area (Å²) in [4.78, 5) is 29.3. The Balaban J connectivity index is 1.68. The average Bonchev–Trinajstić information content (AvgIpc) is 2.72. The minimum atomic E-state index is -0.962. The van der Waals surface area contributed by atoms with E-state index in [1.54, 1.807) is 18.7 Å². The molecular weight excluding hydrogens is 412 g/mol. The smallest absolute Gasteiger partial charge is 0.257 e. The number of rotatable bonds is 5. The average molecular weight is 436 g/mol. The summed E-state index contributed by atoms with van der Waals surface area (Å²) in [6, 6.07) is 9.84. The number of halogens is 3. The third-order valence-electron chi connectivity index (χ3n) is 5.19. The van der Waals surface area contributed by atoms with Gasteiger partial charge in [-0.15, -0.1) is 0 Å². The molecule has 0 aromatic heterocycles. The van der Waals surface area contributed by atoms with Gasteiger partial charge in [0.2, 0.25) is 5.91 Å². The lowest BCUT2D eigenvalue weighted by atomic mass is 10.0. The summed E-state index contributed by atoms with van der Waals surface area (Å²) in [5, 5.41) is 3.17. The number of nitrogens with one attached hydrogen (secondary N) is 1. The number of amides is 2. The molecule has 8 heteroatoms. The van der Waals surface area contributed by atoms with Crippen LogP contribution in [0.4, 0.5) is 14.5 Å². The van der Waals surface area contributed by atoms with Gasteiger partial charge >= 0.3 is 0 Å². The molecule has 2 aromatic carbocycles. The van der Waals surface area contributed by atoms with Crippen LogP contribution in [-0.2, 0) is 4.79 Å². The Labute approximate surface area is 179 Å². The molecule has 0 unspecified atom stereocenters. The molecule has 1 fully saturated rings. The van der Waals surface area contributed by atoms with Gasteiger partial charge in [0, 0.05) is 26.2 Å². The second kappa shape index (κ2) is 9.43. The van der Waals surface area contributed by atoms with Gasteiger partial charge < -0.3 is 15.1 Å². The molecule has 5 nitrogen and oxygen atoms in total. The van der Waals surface area contributed by atoms with Crippen LogP contribution < -0.4 is 10.2 Å². The van der Waals surface area contributed by atoms with Crippen LogP contribution in [0.25, 0.3) is 0 Å².